The van der Waals surface area contributed by atoms with E-state index in [1.807, 2.05) is 43.3 Å². The van der Waals surface area contributed by atoms with Crippen molar-refractivity contribution in [1.82, 2.24) is 5.32 Å². The highest BCUT2D eigenvalue weighted by molar-refractivity contribution is 5.92. The molecule has 0 unspecified atom stereocenters. The normalized spacial score (nSPS) is 15.3. The van der Waals surface area contributed by atoms with Crippen molar-refractivity contribution < 1.29 is 23.8 Å². The number of hydrogen-bond acceptors (Lipinski definition) is 5. The molecular formula is C19H19NO5. The predicted octanol–water partition coefficient (Wildman–Crippen LogP) is 2.11. The Hall–Kier alpha value is -3.02. The molecule has 25 heavy (non-hydrogen) atoms. The van der Waals surface area contributed by atoms with Crippen LogP contribution in [0.4, 0.5) is 0 Å². The zero-order chi connectivity index (χ0) is 17.6. The van der Waals surface area contributed by atoms with Gasteiger partial charge in [0.15, 0.2) is 18.1 Å². The zero-order valence-electron chi connectivity index (χ0n) is 13.9. The number of benzene rings is 2. The Labute approximate surface area is 145 Å². The van der Waals surface area contributed by atoms with E-state index in [0.29, 0.717) is 23.7 Å². The second-order valence-corrected chi connectivity index (χ2v) is 5.69. The molecule has 0 fully saturated rings. The summed E-state index contributed by atoms with van der Waals surface area (Å²) in [6.07, 6.45) is -0.286. The van der Waals surface area contributed by atoms with Crippen molar-refractivity contribution in [3.63, 3.8) is 0 Å². The molecule has 0 aliphatic carbocycles. The van der Waals surface area contributed by atoms with E-state index in [0.717, 1.165) is 5.56 Å². The fraction of sp³-hybridized carbons (Fsp3) is 0.263. The van der Waals surface area contributed by atoms with E-state index in [-0.39, 0.29) is 25.2 Å². The number of carbonyl (C=O) groups excluding carboxylic acids is 2. The molecule has 2 aromatic rings. The lowest BCUT2D eigenvalue weighted by Gasteiger charge is -2.26. The van der Waals surface area contributed by atoms with Crippen LogP contribution in [-0.2, 0) is 9.53 Å². The number of esters is 1. The number of para-hydroxylation sites is 2. The standard InChI is InChI=1S/C19H19NO5/c1-13-6-2-3-7-15(13)19(22)24-12-18(21)20-10-14-11-23-16-8-4-5-9-17(16)25-14/h2-9,14H,10-12H2,1H3,(H,20,21)/t14-/m0/s1. The van der Waals surface area contributed by atoms with Gasteiger partial charge in [0.1, 0.15) is 12.7 Å². The van der Waals surface area contributed by atoms with Gasteiger partial charge in [0.05, 0.1) is 12.1 Å². The van der Waals surface area contributed by atoms with E-state index in [1.165, 1.54) is 0 Å². The number of carbonyl (C=O) groups is 2. The number of rotatable bonds is 5. The van der Waals surface area contributed by atoms with Crippen LogP contribution >= 0.6 is 0 Å². The average molecular weight is 341 g/mol. The van der Waals surface area contributed by atoms with Crippen LogP contribution in [0, 0.1) is 6.92 Å². The highest BCUT2D eigenvalue weighted by atomic mass is 16.6. The number of ether oxygens (including phenoxy) is 3. The Balaban J connectivity index is 1.43. The summed E-state index contributed by atoms with van der Waals surface area (Å²) < 4.78 is 16.4. The van der Waals surface area contributed by atoms with Crippen LogP contribution in [0.5, 0.6) is 11.5 Å². The molecule has 1 aliphatic rings. The Morgan fingerprint density at radius 2 is 1.84 bits per heavy atom. The van der Waals surface area contributed by atoms with Gasteiger partial charge < -0.3 is 19.5 Å². The van der Waals surface area contributed by atoms with Crippen molar-refractivity contribution in [2.45, 2.75) is 13.0 Å². The molecule has 1 aliphatic heterocycles. The van der Waals surface area contributed by atoms with Gasteiger partial charge in [0, 0.05) is 0 Å². The monoisotopic (exact) mass is 341 g/mol. The minimum absolute atomic E-state index is 0.273. The molecule has 3 rings (SSSR count). The first-order valence-corrected chi connectivity index (χ1v) is 8.01. The summed E-state index contributed by atoms with van der Waals surface area (Å²) in [5, 5.41) is 2.68. The van der Waals surface area contributed by atoms with Crippen LogP contribution in [0.25, 0.3) is 0 Å². The summed E-state index contributed by atoms with van der Waals surface area (Å²) in [5.41, 5.74) is 1.26. The van der Waals surface area contributed by atoms with Crippen molar-refractivity contribution in [2.24, 2.45) is 0 Å². The van der Waals surface area contributed by atoms with E-state index >= 15 is 0 Å². The Morgan fingerprint density at radius 1 is 1.12 bits per heavy atom. The van der Waals surface area contributed by atoms with Gasteiger partial charge in [0.25, 0.3) is 5.91 Å². The summed E-state index contributed by atoms with van der Waals surface area (Å²) in [6, 6.07) is 14.4. The Kier molecular flexibility index (Phi) is 5.18. The molecule has 6 nitrogen and oxygen atoms in total. The molecule has 1 atom stereocenters. The third-order valence-corrected chi connectivity index (χ3v) is 3.79. The maximum Gasteiger partial charge on any atom is 0.338 e. The van der Waals surface area contributed by atoms with Gasteiger partial charge in [-0.1, -0.05) is 30.3 Å². The van der Waals surface area contributed by atoms with Gasteiger partial charge in [-0.05, 0) is 30.7 Å². The van der Waals surface area contributed by atoms with Gasteiger partial charge >= 0.3 is 5.97 Å². The van der Waals surface area contributed by atoms with Crippen LogP contribution in [0.2, 0.25) is 0 Å². The topological polar surface area (TPSA) is 73.9 Å². The van der Waals surface area contributed by atoms with Crippen LogP contribution in [0.1, 0.15) is 15.9 Å². The second kappa shape index (κ2) is 7.70. The molecule has 0 bridgehead atoms. The summed E-state index contributed by atoms with van der Waals surface area (Å²) in [7, 11) is 0. The van der Waals surface area contributed by atoms with Gasteiger partial charge in [-0.15, -0.1) is 0 Å². The minimum Gasteiger partial charge on any atom is -0.486 e. The van der Waals surface area contributed by atoms with Crippen LogP contribution in [0.3, 0.4) is 0 Å². The van der Waals surface area contributed by atoms with Crippen molar-refractivity contribution in [1.29, 1.82) is 0 Å². The number of aryl methyl sites for hydroxylation is 1. The Bertz CT molecular complexity index is 774. The molecule has 2 aromatic carbocycles. The van der Waals surface area contributed by atoms with Crippen LogP contribution < -0.4 is 14.8 Å². The van der Waals surface area contributed by atoms with Crippen LogP contribution in [0.15, 0.2) is 48.5 Å². The Morgan fingerprint density at radius 3 is 2.64 bits per heavy atom. The molecule has 0 saturated carbocycles. The van der Waals surface area contributed by atoms with Crippen molar-refractivity contribution in [2.75, 3.05) is 19.8 Å². The third kappa shape index (κ3) is 4.29. The lowest BCUT2D eigenvalue weighted by molar-refractivity contribution is -0.124. The maximum atomic E-state index is 12.0. The van der Waals surface area contributed by atoms with E-state index in [4.69, 9.17) is 14.2 Å². The van der Waals surface area contributed by atoms with E-state index in [1.54, 1.807) is 12.1 Å². The second-order valence-electron chi connectivity index (χ2n) is 5.69. The SMILES string of the molecule is Cc1ccccc1C(=O)OCC(=O)NC[C@H]1COc2ccccc2O1. The summed E-state index contributed by atoms with van der Waals surface area (Å²) in [5.74, 6) is 0.444. The van der Waals surface area contributed by atoms with Crippen molar-refractivity contribution in [3.05, 3.63) is 59.7 Å². The summed E-state index contributed by atoms with van der Waals surface area (Å²) in [6.45, 7) is 2.10. The average Bonchev–Trinajstić information content (AvgIpc) is 2.64. The highest BCUT2D eigenvalue weighted by Crippen LogP contribution is 2.30. The molecule has 0 radical (unpaired) electrons. The number of nitrogens with one attached hydrogen (secondary N) is 1. The third-order valence-electron chi connectivity index (χ3n) is 3.79. The fourth-order valence-electron chi connectivity index (χ4n) is 2.45. The molecule has 6 heteroatoms. The molecule has 0 spiro atoms. The predicted molar refractivity (Wildman–Crippen MR) is 90.8 cm³/mol. The molecule has 0 saturated heterocycles. The number of hydrogen-bond donors (Lipinski definition) is 1. The lowest BCUT2D eigenvalue weighted by atomic mass is 10.1. The largest absolute Gasteiger partial charge is 0.486 e. The first-order chi connectivity index (χ1) is 12.1. The number of fused-ring (bicyclic) bond motifs is 1. The molecule has 1 N–H and O–H groups in total. The summed E-state index contributed by atoms with van der Waals surface area (Å²) in [4.78, 5) is 23.8. The highest BCUT2D eigenvalue weighted by Gasteiger charge is 2.21. The van der Waals surface area contributed by atoms with Gasteiger partial charge in [0.2, 0.25) is 0 Å². The van der Waals surface area contributed by atoms with Gasteiger partial charge in [-0.3, -0.25) is 4.79 Å². The summed E-state index contributed by atoms with van der Waals surface area (Å²) >= 11 is 0. The van der Waals surface area contributed by atoms with E-state index in [2.05, 4.69) is 5.32 Å². The lowest BCUT2D eigenvalue weighted by Crippen LogP contribution is -2.42. The first kappa shape index (κ1) is 16.8. The zero-order valence-corrected chi connectivity index (χ0v) is 13.9. The van der Waals surface area contributed by atoms with Gasteiger partial charge in [-0.2, -0.15) is 0 Å². The quantitative estimate of drug-likeness (QED) is 0.843. The van der Waals surface area contributed by atoms with Gasteiger partial charge in [-0.25, -0.2) is 4.79 Å². The fourth-order valence-corrected chi connectivity index (χ4v) is 2.45. The molecule has 1 amide bonds. The van der Waals surface area contributed by atoms with Crippen molar-refractivity contribution in [3.8, 4) is 11.5 Å². The minimum atomic E-state index is -0.514. The maximum absolute atomic E-state index is 12.0. The smallest absolute Gasteiger partial charge is 0.338 e. The molecular weight excluding hydrogens is 322 g/mol. The van der Waals surface area contributed by atoms with Crippen LogP contribution in [-0.4, -0.2) is 37.7 Å². The van der Waals surface area contributed by atoms with Crippen molar-refractivity contribution >= 4 is 11.9 Å². The molecule has 1 heterocycles. The van der Waals surface area contributed by atoms with E-state index < -0.39 is 5.97 Å². The molecule has 0 aromatic heterocycles. The number of amides is 1. The molecule has 130 valence electrons. The first-order valence-electron chi connectivity index (χ1n) is 8.01. The van der Waals surface area contributed by atoms with E-state index in [9.17, 15) is 9.59 Å².